The first kappa shape index (κ1) is 10.7. The van der Waals surface area contributed by atoms with Gasteiger partial charge in [-0.1, -0.05) is 6.07 Å². The fourth-order valence-electron chi connectivity index (χ4n) is 1.20. The lowest BCUT2D eigenvalue weighted by Gasteiger charge is -2.01. The summed E-state index contributed by atoms with van der Waals surface area (Å²) in [5.74, 6) is -0.473. The molecule has 0 bridgehead atoms. The molecule has 0 radical (unpaired) electrons. The first-order valence-corrected chi connectivity index (χ1v) is 4.58. The van der Waals surface area contributed by atoms with Gasteiger partial charge in [0.1, 0.15) is 6.33 Å². The molecule has 1 aromatic heterocycles. The average molecular weight is 233 g/mol. The summed E-state index contributed by atoms with van der Waals surface area (Å²) < 4.78 is 0. The van der Waals surface area contributed by atoms with Crippen molar-refractivity contribution >= 4 is 17.3 Å². The van der Waals surface area contributed by atoms with E-state index >= 15 is 0 Å². The molecule has 86 valence electrons. The second kappa shape index (κ2) is 4.39. The van der Waals surface area contributed by atoms with E-state index in [-0.39, 0.29) is 11.5 Å². The second-order valence-electron chi connectivity index (χ2n) is 3.10. The minimum absolute atomic E-state index is 0.0384. The van der Waals surface area contributed by atoms with E-state index in [0.29, 0.717) is 5.69 Å². The van der Waals surface area contributed by atoms with Gasteiger partial charge in [-0.3, -0.25) is 20.0 Å². The van der Waals surface area contributed by atoms with Crippen molar-refractivity contribution in [3.8, 4) is 0 Å². The zero-order valence-electron chi connectivity index (χ0n) is 8.45. The Morgan fingerprint density at radius 1 is 1.47 bits per heavy atom. The summed E-state index contributed by atoms with van der Waals surface area (Å²) in [6.07, 6.45) is 1.20. The molecule has 8 heteroatoms. The molecule has 0 aliphatic rings. The molecule has 0 saturated carbocycles. The van der Waals surface area contributed by atoms with Crippen molar-refractivity contribution in [2.75, 3.05) is 5.32 Å². The summed E-state index contributed by atoms with van der Waals surface area (Å²) in [6.45, 7) is 0. The molecular weight excluding hydrogens is 226 g/mol. The normalized spacial score (nSPS) is 9.88. The molecule has 2 aromatic rings. The van der Waals surface area contributed by atoms with Crippen molar-refractivity contribution in [1.82, 2.24) is 15.2 Å². The molecule has 2 N–H and O–H groups in total. The van der Waals surface area contributed by atoms with Gasteiger partial charge in [0.15, 0.2) is 0 Å². The Labute approximate surface area is 94.8 Å². The van der Waals surface area contributed by atoms with Crippen molar-refractivity contribution < 1.29 is 9.72 Å². The highest BCUT2D eigenvalue weighted by Crippen LogP contribution is 2.17. The predicted molar refractivity (Wildman–Crippen MR) is 57.4 cm³/mol. The quantitative estimate of drug-likeness (QED) is 0.605. The number of anilines is 1. The number of carbonyl (C=O) groups is 1. The molecule has 1 amide bonds. The number of aromatic nitrogens is 3. The number of nitro benzene ring substituents is 1. The first-order valence-electron chi connectivity index (χ1n) is 4.58. The van der Waals surface area contributed by atoms with Crippen LogP contribution in [0.2, 0.25) is 0 Å². The van der Waals surface area contributed by atoms with Gasteiger partial charge < -0.3 is 5.32 Å². The summed E-state index contributed by atoms with van der Waals surface area (Å²) in [5, 5.41) is 18.9. The van der Waals surface area contributed by atoms with E-state index in [4.69, 9.17) is 0 Å². The molecule has 17 heavy (non-hydrogen) atoms. The fraction of sp³-hybridized carbons (Fsp3) is 0. The summed E-state index contributed by atoms with van der Waals surface area (Å²) >= 11 is 0. The molecule has 1 heterocycles. The number of H-pyrrole nitrogens is 1. The van der Waals surface area contributed by atoms with Crippen LogP contribution in [0, 0.1) is 10.1 Å². The minimum Gasteiger partial charge on any atom is -0.319 e. The molecule has 0 aliphatic heterocycles. The smallest absolute Gasteiger partial charge is 0.292 e. The highest BCUT2D eigenvalue weighted by Gasteiger charge is 2.11. The van der Waals surface area contributed by atoms with Gasteiger partial charge in [0.2, 0.25) is 5.82 Å². The van der Waals surface area contributed by atoms with Crippen LogP contribution < -0.4 is 5.32 Å². The molecule has 0 unspecified atom stereocenters. The summed E-state index contributed by atoms with van der Waals surface area (Å²) in [7, 11) is 0. The third-order valence-electron chi connectivity index (χ3n) is 1.94. The number of carbonyl (C=O) groups excluding carboxylic acids is 1. The van der Waals surface area contributed by atoms with E-state index < -0.39 is 10.8 Å². The Bertz CT molecular complexity index is 552. The number of nitrogens with zero attached hydrogens (tertiary/aromatic N) is 3. The van der Waals surface area contributed by atoms with E-state index in [1.807, 2.05) is 0 Å². The Hall–Kier alpha value is -2.77. The van der Waals surface area contributed by atoms with Crippen LogP contribution in [0.25, 0.3) is 0 Å². The van der Waals surface area contributed by atoms with E-state index in [2.05, 4.69) is 20.5 Å². The molecule has 0 saturated heterocycles. The Morgan fingerprint density at radius 3 is 2.94 bits per heavy atom. The molecular formula is C9H7N5O3. The SMILES string of the molecule is O=C(Nc1cccc([N+](=O)[O-])c1)c1ncn[nH]1. The summed E-state index contributed by atoms with van der Waals surface area (Å²) in [6, 6.07) is 5.62. The minimum atomic E-state index is -0.538. The van der Waals surface area contributed by atoms with Crippen LogP contribution in [0.5, 0.6) is 0 Å². The highest BCUT2D eigenvalue weighted by atomic mass is 16.6. The van der Waals surface area contributed by atoms with E-state index in [1.54, 1.807) is 6.07 Å². The topological polar surface area (TPSA) is 114 Å². The number of non-ortho nitro benzene ring substituents is 1. The van der Waals surface area contributed by atoms with Crippen molar-refractivity contribution in [2.45, 2.75) is 0 Å². The number of benzene rings is 1. The van der Waals surface area contributed by atoms with Gasteiger partial charge in [-0.05, 0) is 6.07 Å². The Morgan fingerprint density at radius 2 is 2.29 bits per heavy atom. The van der Waals surface area contributed by atoms with Gasteiger partial charge in [0, 0.05) is 17.8 Å². The summed E-state index contributed by atoms with van der Waals surface area (Å²) in [4.78, 5) is 25.2. The fourth-order valence-corrected chi connectivity index (χ4v) is 1.20. The van der Waals surface area contributed by atoms with Crippen LogP contribution in [0.4, 0.5) is 11.4 Å². The molecule has 0 atom stereocenters. The van der Waals surface area contributed by atoms with Crippen LogP contribution in [0.15, 0.2) is 30.6 Å². The summed E-state index contributed by atoms with van der Waals surface area (Å²) in [5.41, 5.74) is 0.223. The van der Waals surface area contributed by atoms with Crippen molar-refractivity contribution in [3.05, 3.63) is 46.5 Å². The maximum absolute atomic E-state index is 11.5. The molecule has 1 aromatic carbocycles. The van der Waals surface area contributed by atoms with E-state index in [9.17, 15) is 14.9 Å². The van der Waals surface area contributed by atoms with Crippen LogP contribution in [0.1, 0.15) is 10.6 Å². The standard InChI is InChI=1S/C9H7N5O3/c15-9(8-10-5-11-13-8)12-6-2-1-3-7(4-6)14(16)17/h1-5H,(H,12,15)(H,10,11,13). The number of hydrogen-bond acceptors (Lipinski definition) is 5. The third-order valence-corrected chi connectivity index (χ3v) is 1.94. The highest BCUT2D eigenvalue weighted by molar-refractivity contribution is 6.01. The lowest BCUT2D eigenvalue weighted by atomic mass is 10.3. The van der Waals surface area contributed by atoms with Crippen molar-refractivity contribution in [3.63, 3.8) is 0 Å². The molecule has 2 rings (SSSR count). The predicted octanol–water partition coefficient (Wildman–Crippen LogP) is 0.965. The molecule has 8 nitrogen and oxygen atoms in total. The number of rotatable bonds is 3. The molecule has 0 aliphatic carbocycles. The van der Waals surface area contributed by atoms with Crippen molar-refractivity contribution in [1.29, 1.82) is 0 Å². The lowest BCUT2D eigenvalue weighted by Crippen LogP contribution is -2.13. The van der Waals surface area contributed by atoms with Crippen LogP contribution in [0.3, 0.4) is 0 Å². The van der Waals surface area contributed by atoms with E-state index in [1.165, 1.54) is 24.5 Å². The monoisotopic (exact) mass is 233 g/mol. The third kappa shape index (κ3) is 2.43. The van der Waals surface area contributed by atoms with E-state index in [0.717, 1.165) is 0 Å². The first-order chi connectivity index (χ1) is 8.16. The van der Waals surface area contributed by atoms with Crippen LogP contribution in [-0.2, 0) is 0 Å². The zero-order chi connectivity index (χ0) is 12.3. The average Bonchev–Trinajstić information content (AvgIpc) is 2.82. The zero-order valence-corrected chi connectivity index (χ0v) is 8.45. The van der Waals surface area contributed by atoms with Crippen LogP contribution >= 0.6 is 0 Å². The molecule has 0 fully saturated rings. The number of hydrogen-bond donors (Lipinski definition) is 2. The number of amides is 1. The van der Waals surface area contributed by atoms with Gasteiger partial charge in [0.25, 0.3) is 11.6 Å². The van der Waals surface area contributed by atoms with Crippen molar-refractivity contribution in [2.24, 2.45) is 0 Å². The Kier molecular flexibility index (Phi) is 2.77. The Balaban J connectivity index is 2.16. The maximum Gasteiger partial charge on any atom is 0.292 e. The second-order valence-corrected chi connectivity index (χ2v) is 3.10. The van der Waals surface area contributed by atoms with Crippen LogP contribution in [-0.4, -0.2) is 26.0 Å². The number of nitro groups is 1. The maximum atomic E-state index is 11.5. The van der Waals surface area contributed by atoms with Gasteiger partial charge in [-0.15, -0.1) is 0 Å². The largest absolute Gasteiger partial charge is 0.319 e. The van der Waals surface area contributed by atoms with Gasteiger partial charge >= 0.3 is 0 Å². The lowest BCUT2D eigenvalue weighted by molar-refractivity contribution is -0.384. The van der Waals surface area contributed by atoms with Gasteiger partial charge in [0.05, 0.1) is 4.92 Å². The van der Waals surface area contributed by atoms with Gasteiger partial charge in [-0.2, -0.15) is 5.10 Å². The van der Waals surface area contributed by atoms with Gasteiger partial charge in [-0.25, -0.2) is 4.98 Å². The molecule has 0 spiro atoms. The number of nitrogens with one attached hydrogen (secondary N) is 2. The number of aromatic amines is 1.